The molecule has 0 aliphatic carbocycles. The number of carbonyl (C=O) groups is 1. The Morgan fingerprint density at radius 2 is 2.06 bits per heavy atom. The molecule has 6 heteroatoms. The molecule has 1 atom stereocenters. The zero-order valence-corrected chi connectivity index (χ0v) is 9.31. The molecule has 1 N–H and O–H groups in total. The van der Waals surface area contributed by atoms with Crippen molar-refractivity contribution in [3.8, 4) is 12.3 Å². The first-order valence-electron chi connectivity index (χ1n) is 4.89. The maximum absolute atomic E-state index is 13.0. The number of alkyl halides is 3. The van der Waals surface area contributed by atoms with Crippen molar-refractivity contribution in [1.82, 2.24) is 5.32 Å². The summed E-state index contributed by atoms with van der Waals surface area (Å²) in [6, 6.07) is 1.38. The van der Waals surface area contributed by atoms with Crippen molar-refractivity contribution in [2.24, 2.45) is 0 Å². The molecule has 1 aromatic carbocycles. The van der Waals surface area contributed by atoms with Crippen molar-refractivity contribution in [3.05, 3.63) is 35.1 Å². The SMILES string of the molecule is C#CC(C)NC(=O)c1ccc(F)c(C(F)(F)F)c1. The molecular weight excluding hydrogens is 250 g/mol. The molecule has 96 valence electrons. The molecule has 0 radical (unpaired) electrons. The van der Waals surface area contributed by atoms with E-state index >= 15 is 0 Å². The van der Waals surface area contributed by atoms with Crippen molar-refractivity contribution in [2.75, 3.05) is 0 Å². The maximum atomic E-state index is 13.0. The van der Waals surface area contributed by atoms with E-state index in [1.807, 2.05) is 0 Å². The summed E-state index contributed by atoms with van der Waals surface area (Å²) >= 11 is 0. The number of nitrogens with one attached hydrogen (secondary N) is 1. The topological polar surface area (TPSA) is 29.1 Å². The van der Waals surface area contributed by atoms with Gasteiger partial charge in [0.15, 0.2) is 0 Å². The lowest BCUT2D eigenvalue weighted by Gasteiger charge is -2.11. The number of terminal acetylenes is 1. The van der Waals surface area contributed by atoms with Gasteiger partial charge in [0.05, 0.1) is 11.6 Å². The minimum atomic E-state index is -4.85. The predicted molar refractivity (Wildman–Crippen MR) is 57.2 cm³/mol. The van der Waals surface area contributed by atoms with Crippen LogP contribution in [0, 0.1) is 18.2 Å². The maximum Gasteiger partial charge on any atom is 0.419 e. The number of hydrogen-bond donors (Lipinski definition) is 1. The van der Waals surface area contributed by atoms with Crippen molar-refractivity contribution in [3.63, 3.8) is 0 Å². The van der Waals surface area contributed by atoms with Crippen LogP contribution in [0.25, 0.3) is 0 Å². The molecule has 0 saturated carbocycles. The molecule has 1 unspecified atom stereocenters. The summed E-state index contributed by atoms with van der Waals surface area (Å²) in [6.07, 6.45) is 0.168. The van der Waals surface area contributed by atoms with Crippen LogP contribution in [0.5, 0.6) is 0 Å². The molecule has 1 rings (SSSR count). The first-order chi connectivity index (χ1) is 8.25. The molecule has 0 spiro atoms. The standard InChI is InChI=1S/C12H9F4NO/c1-3-7(2)17-11(18)8-4-5-10(13)9(6-8)12(14,15)16/h1,4-7H,2H3,(H,17,18). The summed E-state index contributed by atoms with van der Waals surface area (Å²) in [7, 11) is 0. The number of hydrogen-bond acceptors (Lipinski definition) is 1. The van der Waals surface area contributed by atoms with Gasteiger partial charge >= 0.3 is 6.18 Å². The van der Waals surface area contributed by atoms with Crippen molar-refractivity contribution < 1.29 is 22.4 Å². The van der Waals surface area contributed by atoms with Crippen molar-refractivity contribution in [2.45, 2.75) is 19.1 Å². The molecule has 0 fully saturated rings. The van der Waals surface area contributed by atoms with Gasteiger partial charge in [0.1, 0.15) is 5.82 Å². The molecule has 0 saturated heterocycles. The fraction of sp³-hybridized carbons (Fsp3) is 0.250. The smallest absolute Gasteiger partial charge is 0.339 e. The van der Waals surface area contributed by atoms with Crippen LogP contribution in [0.3, 0.4) is 0 Å². The fourth-order valence-electron chi connectivity index (χ4n) is 1.21. The van der Waals surface area contributed by atoms with Gasteiger partial charge in [-0.1, -0.05) is 5.92 Å². The normalized spacial score (nSPS) is 12.7. The Morgan fingerprint density at radius 3 is 2.56 bits per heavy atom. The average Bonchev–Trinajstić information content (AvgIpc) is 2.27. The van der Waals surface area contributed by atoms with Gasteiger partial charge in [0.25, 0.3) is 5.91 Å². The van der Waals surface area contributed by atoms with E-state index < -0.39 is 29.5 Å². The summed E-state index contributed by atoms with van der Waals surface area (Å²) in [5.74, 6) is -0.0194. The highest BCUT2D eigenvalue weighted by molar-refractivity contribution is 5.94. The molecular formula is C12H9F4NO. The number of carbonyl (C=O) groups excluding carboxylic acids is 1. The van der Waals surface area contributed by atoms with Crippen LogP contribution < -0.4 is 5.32 Å². The number of halogens is 4. The minimum absolute atomic E-state index is 0.300. The summed E-state index contributed by atoms with van der Waals surface area (Å²) < 4.78 is 50.2. The Morgan fingerprint density at radius 1 is 1.44 bits per heavy atom. The van der Waals surface area contributed by atoms with Gasteiger partial charge in [-0.3, -0.25) is 4.79 Å². The molecule has 0 aromatic heterocycles. The highest BCUT2D eigenvalue weighted by atomic mass is 19.4. The lowest BCUT2D eigenvalue weighted by molar-refractivity contribution is -0.140. The quantitative estimate of drug-likeness (QED) is 0.642. The second kappa shape index (κ2) is 5.08. The number of amides is 1. The summed E-state index contributed by atoms with van der Waals surface area (Å²) in [6.45, 7) is 1.49. The Kier molecular flexibility index (Phi) is 3.96. The predicted octanol–water partition coefficient (Wildman–Crippen LogP) is 2.60. The molecule has 0 heterocycles. The third-order valence-electron chi connectivity index (χ3n) is 2.13. The van der Waals surface area contributed by atoms with E-state index in [1.165, 1.54) is 6.92 Å². The third-order valence-corrected chi connectivity index (χ3v) is 2.13. The van der Waals surface area contributed by atoms with E-state index in [0.29, 0.717) is 12.1 Å². The molecule has 1 amide bonds. The zero-order chi connectivity index (χ0) is 13.9. The monoisotopic (exact) mass is 259 g/mol. The molecule has 0 aliphatic heterocycles. The van der Waals surface area contributed by atoms with Crippen LogP contribution in [0.4, 0.5) is 17.6 Å². The van der Waals surface area contributed by atoms with Crippen LogP contribution >= 0.6 is 0 Å². The summed E-state index contributed by atoms with van der Waals surface area (Å²) in [5.41, 5.74) is -1.78. The first kappa shape index (κ1) is 14.0. The minimum Gasteiger partial charge on any atom is -0.339 e. The highest BCUT2D eigenvalue weighted by Crippen LogP contribution is 2.31. The van der Waals surface area contributed by atoms with Gasteiger partial charge in [0.2, 0.25) is 0 Å². The van der Waals surface area contributed by atoms with Gasteiger partial charge in [0, 0.05) is 5.56 Å². The number of benzene rings is 1. The molecule has 0 bridgehead atoms. The van der Waals surface area contributed by atoms with Gasteiger partial charge in [-0.05, 0) is 25.1 Å². The highest BCUT2D eigenvalue weighted by Gasteiger charge is 2.34. The lowest BCUT2D eigenvalue weighted by Crippen LogP contribution is -2.31. The van der Waals surface area contributed by atoms with Crippen LogP contribution in [-0.2, 0) is 6.18 Å². The largest absolute Gasteiger partial charge is 0.419 e. The number of rotatable bonds is 2. The van der Waals surface area contributed by atoms with Gasteiger partial charge < -0.3 is 5.32 Å². The van der Waals surface area contributed by atoms with Crippen LogP contribution in [0.2, 0.25) is 0 Å². The molecule has 1 aromatic rings. The third kappa shape index (κ3) is 3.23. The van der Waals surface area contributed by atoms with Gasteiger partial charge in [-0.25, -0.2) is 4.39 Å². The van der Waals surface area contributed by atoms with Gasteiger partial charge in [-0.15, -0.1) is 6.42 Å². The Balaban J connectivity index is 3.07. The van der Waals surface area contributed by atoms with E-state index in [2.05, 4.69) is 11.2 Å². The van der Waals surface area contributed by atoms with E-state index in [0.717, 1.165) is 6.07 Å². The molecule has 0 aliphatic rings. The summed E-state index contributed by atoms with van der Waals surface area (Å²) in [5, 5.41) is 2.28. The Bertz CT molecular complexity index is 502. The van der Waals surface area contributed by atoms with Crippen molar-refractivity contribution in [1.29, 1.82) is 0 Å². The van der Waals surface area contributed by atoms with E-state index in [-0.39, 0.29) is 5.56 Å². The van der Waals surface area contributed by atoms with Crippen LogP contribution in [-0.4, -0.2) is 11.9 Å². The average molecular weight is 259 g/mol. The second-order valence-corrected chi connectivity index (χ2v) is 3.55. The first-order valence-corrected chi connectivity index (χ1v) is 4.89. The Hall–Kier alpha value is -2.03. The molecule has 18 heavy (non-hydrogen) atoms. The zero-order valence-electron chi connectivity index (χ0n) is 9.31. The molecule has 2 nitrogen and oxygen atoms in total. The van der Waals surface area contributed by atoms with Crippen LogP contribution in [0.15, 0.2) is 18.2 Å². The fourth-order valence-corrected chi connectivity index (χ4v) is 1.21. The lowest BCUT2D eigenvalue weighted by atomic mass is 10.1. The van der Waals surface area contributed by atoms with Crippen molar-refractivity contribution >= 4 is 5.91 Å². The van der Waals surface area contributed by atoms with E-state index in [4.69, 9.17) is 6.42 Å². The van der Waals surface area contributed by atoms with E-state index in [1.54, 1.807) is 0 Å². The second-order valence-electron chi connectivity index (χ2n) is 3.55. The Labute approximate surface area is 101 Å². The van der Waals surface area contributed by atoms with Crippen LogP contribution in [0.1, 0.15) is 22.8 Å². The summed E-state index contributed by atoms with van der Waals surface area (Å²) in [4.78, 5) is 11.5. The van der Waals surface area contributed by atoms with E-state index in [9.17, 15) is 22.4 Å². The van der Waals surface area contributed by atoms with Gasteiger partial charge in [-0.2, -0.15) is 13.2 Å².